The van der Waals surface area contributed by atoms with Gasteiger partial charge in [-0.05, 0) is 17.7 Å². The maximum Gasteiger partial charge on any atom is 0.226 e. The third-order valence-corrected chi connectivity index (χ3v) is 5.93. The Kier molecular flexibility index (Phi) is 4.69. The Labute approximate surface area is 155 Å². The second-order valence-corrected chi connectivity index (χ2v) is 7.24. The van der Waals surface area contributed by atoms with Gasteiger partial charge in [0.2, 0.25) is 5.91 Å². The van der Waals surface area contributed by atoms with Crippen LogP contribution in [0.3, 0.4) is 0 Å². The SMILES string of the molecule is COc1ccc([C@@H]2CC(=O)Nc3nc(N4CCOCC4)sc32)cc1OC. The number of methoxy groups -OCH3 is 2. The van der Waals surface area contributed by atoms with Crippen LogP contribution in [0.2, 0.25) is 0 Å². The predicted octanol–water partition coefficient (Wildman–Crippen LogP) is 2.47. The van der Waals surface area contributed by atoms with Gasteiger partial charge < -0.3 is 24.4 Å². The summed E-state index contributed by atoms with van der Waals surface area (Å²) in [6.07, 6.45) is 0.396. The lowest BCUT2D eigenvalue weighted by Crippen LogP contribution is -2.36. The average Bonchev–Trinajstić information content (AvgIpc) is 3.11. The topological polar surface area (TPSA) is 72.9 Å². The zero-order valence-corrected chi connectivity index (χ0v) is 15.6. The van der Waals surface area contributed by atoms with Crippen LogP contribution in [-0.4, -0.2) is 51.4 Å². The van der Waals surface area contributed by atoms with Crippen LogP contribution in [-0.2, 0) is 9.53 Å². The van der Waals surface area contributed by atoms with Crippen molar-refractivity contribution in [2.75, 3.05) is 50.7 Å². The number of hydrogen-bond acceptors (Lipinski definition) is 7. The number of ether oxygens (including phenoxy) is 3. The van der Waals surface area contributed by atoms with E-state index in [-0.39, 0.29) is 11.8 Å². The first-order valence-electron chi connectivity index (χ1n) is 8.54. The minimum absolute atomic E-state index is 0.0175. The van der Waals surface area contributed by atoms with Crippen molar-refractivity contribution in [2.24, 2.45) is 0 Å². The molecule has 0 saturated carbocycles. The van der Waals surface area contributed by atoms with Gasteiger partial charge in [0.15, 0.2) is 16.6 Å². The van der Waals surface area contributed by atoms with E-state index in [2.05, 4.69) is 15.2 Å². The largest absolute Gasteiger partial charge is 0.493 e. The van der Waals surface area contributed by atoms with Crippen LogP contribution in [0.4, 0.5) is 10.9 Å². The van der Waals surface area contributed by atoms with E-state index in [4.69, 9.17) is 14.2 Å². The van der Waals surface area contributed by atoms with Crippen molar-refractivity contribution in [2.45, 2.75) is 12.3 Å². The van der Waals surface area contributed by atoms with E-state index in [9.17, 15) is 4.79 Å². The van der Waals surface area contributed by atoms with Gasteiger partial charge in [0.25, 0.3) is 0 Å². The van der Waals surface area contributed by atoms with Crippen molar-refractivity contribution in [1.29, 1.82) is 0 Å². The number of aromatic nitrogens is 1. The van der Waals surface area contributed by atoms with Gasteiger partial charge in [-0.25, -0.2) is 4.98 Å². The summed E-state index contributed by atoms with van der Waals surface area (Å²) in [5.74, 6) is 1.96. The molecule has 0 bridgehead atoms. The minimum Gasteiger partial charge on any atom is -0.493 e. The Morgan fingerprint density at radius 1 is 1.23 bits per heavy atom. The number of benzene rings is 1. The Morgan fingerprint density at radius 3 is 2.73 bits per heavy atom. The van der Waals surface area contributed by atoms with Crippen molar-refractivity contribution in [3.63, 3.8) is 0 Å². The molecule has 1 aromatic heterocycles. The molecule has 7 nitrogen and oxygen atoms in total. The number of carbonyl (C=O) groups excluding carboxylic acids is 1. The highest BCUT2D eigenvalue weighted by Crippen LogP contribution is 2.44. The lowest BCUT2D eigenvalue weighted by molar-refractivity contribution is -0.116. The molecule has 1 fully saturated rings. The smallest absolute Gasteiger partial charge is 0.226 e. The summed E-state index contributed by atoms with van der Waals surface area (Å²) in [6.45, 7) is 3.05. The molecule has 0 spiro atoms. The van der Waals surface area contributed by atoms with Gasteiger partial charge >= 0.3 is 0 Å². The Bertz CT molecular complexity index is 817. The summed E-state index contributed by atoms with van der Waals surface area (Å²) in [5, 5.41) is 3.85. The van der Waals surface area contributed by atoms with Crippen molar-refractivity contribution < 1.29 is 19.0 Å². The number of hydrogen-bond donors (Lipinski definition) is 1. The zero-order valence-electron chi connectivity index (χ0n) is 14.8. The molecule has 1 N–H and O–H groups in total. The molecular weight excluding hydrogens is 354 g/mol. The van der Waals surface area contributed by atoms with E-state index in [1.54, 1.807) is 25.6 Å². The number of fused-ring (bicyclic) bond motifs is 1. The number of nitrogens with zero attached hydrogens (tertiary/aromatic N) is 2. The van der Waals surface area contributed by atoms with Crippen LogP contribution in [0.15, 0.2) is 18.2 Å². The first kappa shape index (κ1) is 17.1. The van der Waals surface area contributed by atoms with Gasteiger partial charge in [0, 0.05) is 25.4 Å². The minimum atomic E-state index is -0.0363. The van der Waals surface area contributed by atoms with Crippen molar-refractivity contribution in [1.82, 2.24) is 4.98 Å². The number of carbonyl (C=O) groups is 1. The van der Waals surface area contributed by atoms with E-state index in [0.29, 0.717) is 37.0 Å². The molecule has 2 aliphatic heterocycles. The molecule has 0 aliphatic carbocycles. The third-order valence-electron chi connectivity index (χ3n) is 4.70. The van der Waals surface area contributed by atoms with E-state index in [0.717, 1.165) is 28.7 Å². The quantitative estimate of drug-likeness (QED) is 0.885. The monoisotopic (exact) mass is 375 g/mol. The van der Waals surface area contributed by atoms with Gasteiger partial charge in [-0.15, -0.1) is 0 Å². The second-order valence-electron chi connectivity index (χ2n) is 6.23. The number of rotatable bonds is 4. The molecule has 0 radical (unpaired) electrons. The molecule has 138 valence electrons. The van der Waals surface area contributed by atoms with Crippen LogP contribution < -0.4 is 19.7 Å². The summed E-state index contributed by atoms with van der Waals surface area (Å²) in [7, 11) is 3.23. The fraction of sp³-hybridized carbons (Fsp3) is 0.444. The molecule has 2 aliphatic rings. The summed E-state index contributed by atoms with van der Waals surface area (Å²) in [4.78, 5) is 20.2. The standard InChI is InChI=1S/C18H21N3O4S/c1-23-13-4-3-11(9-14(13)24-2)12-10-15(22)19-17-16(12)26-18(20-17)21-5-7-25-8-6-21/h3-4,9,12H,5-8,10H2,1-2H3,(H,19,22)/t12-/m0/s1. The molecule has 1 atom stereocenters. The number of thiazole rings is 1. The molecule has 1 aromatic carbocycles. The second kappa shape index (κ2) is 7.13. The molecule has 26 heavy (non-hydrogen) atoms. The lowest BCUT2D eigenvalue weighted by atomic mass is 9.91. The zero-order chi connectivity index (χ0) is 18.1. The molecule has 0 unspecified atom stereocenters. The summed E-state index contributed by atoms with van der Waals surface area (Å²) in [5.41, 5.74) is 1.02. The summed E-state index contributed by atoms with van der Waals surface area (Å²) in [6, 6.07) is 5.81. The van der Waals surface area contributed by atoms with E-state index in [1.165, 1.54) is 0 Å². The fourth-order valence-corrected chi connectivity index (χ4v) is 4.54. The van der Waals surface area contributed by atoms with Crippen LogP contribution in [0.25, 0.3) is 0 Å². The molecule has 3 heterocycles. The van der Waals surface area contributed by atoms with Gasteiger partial charge in [0.05, 0.1) is 32.3 Å². The average molecular weight is 375 g/mol. The van der Waals surface area contributed by atoms with Crippen LogP contribution >= 0.6 is 11.3 Å². The maximum atomic E-state index is 12.2. The Hall–Kier alpha value is -2.32. The Balaban J connectivity index is 1.70. The third kappa shape index (κ3) is 3.10. The molecule has 1 saturated heterocycles. The summed E-state index contributed by atoms with van der Waals surface area (Å²) < 4.78 is 16.2. The highest BCUT2D eigenvalue weighted by molar-refractivity contribution is 7.16. The van der Waals surface area contributed by atoms with Crippen molar-refractivity contribution >= 4 is 28.2 Å². The van der Waals surface area contributed by atoms with Crippen LogP contribution in [0.1, 0.15) is 22.8 Å². The highest BCUT2D eigenvalue weighted by atomic mass is 32.1. The summed E-state index contributed by atoms with van der Waals surface area (Å²) >= 11 is 1.64. The predicted molar refractivity (Wildman–Crippen MR) is 99.8 cm³/mol. The van der Waals surface area contributed by atoms with Crippen molar-refractivity contribution in [3.05, 3.63) is 28.6 Å². The number of morpholine rings is 1. The number of nitrogens with one attached hydrogen (secondary N) is 1. The lowest BCUT2D eigenvalue weighted by Gasteiger charge is -2.26. The van der Waals surface area contributed by atoms with Gasteiger partial charge in [0.1, 0.15) is 5.82 Å². The van der Waals surface area contributed by atoms with Crippen LogP contribution in [0.5, 0.6) is 11.5 Å². The van der Waals surface area contributed by atoms with Gasteiger partial charge in [-0.2, -0.15) is 0 Å². The van der Waals surface area contributed by atoms with E-state index in [1.807, 2.05) is 18.2 Å². The highest BCUT2D eigenvalue weighted by Gasteiger charge is 2.32. The first-order chi connectivity index (χ1) is 12.7. The first-order valence-corrected chi connectivity index (χ1v) is 9.36. The maximum absolute atomic E-state index is 12.2. The van der Waals surface area contributed by atoms with Crippen LogP contribution in [0, 0.1) is 0 Å². The number of anilines is 2. The van der Waals surface area contributed by atoms with Gasteiger partial charge in [-0.1, -0.05) is 17.4 Å². The normalized spacial score (nSPS) is 19.7. The number of amides is 1. The van der Waals surface area contributed by atoms with E-state index < -0.39 is 0 Å². The molecule has 2 aromatic rings. The molecule has 8 heteroatoms. The Morgan fingerprint density at radius 2 is 2.00 bits per heavy atom. The molecule has 1 amide bonds. The van der Waals surface area contributed by atoms with Crippen molar-refractivity contribution in [3.8, 4) is 11.5 Å². The molecule has 4 rings (SSSR count). The fourth-order valence-electron chi connectivity index (χ4n) is 3.34. The van der Waals surface area contributed by atoms with E-state index >= 15 is 0 Å². The van der Waals surface area contributed by atoms with Gasteiger partial charge in [-0.3, -0.25) is 4.79 Å². The molecular formula is C18H21N3O4S.